The number of benzene rings is 4. The Bertz CT molecular complexity index is 1520. The Balaban J connectivity index is 1.06. The lowest BCUT2D eigenvalue weighted by molar-refractivity contribution is 0.101. The van der Waals surface area contributed by atoms with E-state index in [2.05, 4.69) is 25.6 Å². The lowest BCUT2D eigenvalue weighted by atomic mass is 10.0. The minimum absolute atomic E-state index is 0.153. The predicted molar refractivity (Wildman–Crippen MR) is 186 cm³/mol. The van der Waals surface area contributed by atoms with Gasteiger partial charge in [-0.15, -0.1) is 0 Å². The number of nitrogens with zero attached hydrogens (tertiary/aromatic N) is 3. The zero-order valence-electron chi connectivity index (χ0n) is 26.4. The fourth-order valence-corrected chi connectivity index (χ4v) is 6.14. The van der Waals surface area contributed by atoms with Gasteiger partial charge in [0, 0.05) is 71.2 Å². The number of anilines is 4. The molecule has 8 nitrogen and oxygen atoms in total. The standard InChI is InChI=1S/C38H41N5O3/c1-46-41-36(28-8-16-32(17-9-28)39-37(44)30-12-20-34(21-13-30)42-24-4-2-5-25-42)29-10-18-33(19-11-29)40-38(45)31-14-22-35(23-15-31)43-26-6-3-7-27-43/h8-23H,2-7,24-27H2,1H3,(H,39,44)(H,40,45). The summed E-state index contributed by atoms with van der Waals surface area (Å²) in [6.07, 6.45) is 7.44. The minimum atomic E-state index is -0.153. The van der Waals surface area contributed by atoms with Crippen LogP contribution in [0.4, 0.5) is 22.7 Å². The molecular weight excluding hydrogens is 574 g/mol. The third-order valence-electron chi connectivity index (χ3n) is 8.72. The number of hydrogen-bond donors (Lipinski definition) is 2. The molecule has 0 saturated carbocycles. The maximum absolute atomic E-state index is 12.9. The van der Waals surface area contributed by atoms with Crippen LogP contribution in [0, 0.1) is 0 Å². The SMILES string of the molecule is CON=C(c1ccc(NC(=O)c2ccc(N3CCCCC3)cc2)cc1)c1ccc(NC(=O)c2ccc(N3CCCCC3)cc2)cc1. The summed E-state index contributed by atoms with van der Waals surface area (Å²) in [5.74, 6) is -0.307. The molecule has 0 unspecified atom stereocenters. The van der Waals surface area contributed by atoms with Crippen LogP contribution in [-0.2, 0) is 4.84 Å². The van der Waals surface area contributed by atoms with Gasteiger partial charge < -0.3 is 25.3 Å². The van der Waals surface area contributed by atoms with Crippen molar-refractivity contribution in [1.29, 1.82) is 0 Å². The Hall–Kier alpha value is -5.11. The first kappa shape index (κ1) is 30.9. The largest absolute Gasteiger partial charge is 0.399 e. The maximum atomic E-state index is 12.9. The van der Waals surface area contributed by atoms with Gasteiger partial charge >= 0.3 is 0 Å². The first-order valence-corrected chi connectivity index (χ1v) is 16.2. The van der Waals surface area contributed by atoms with Crippen LogP contribution in [0.5, 0.6) is 0 Å². The van der Waals surface area contributed by atoms with Crippen LogP contribution in [0.2, 0.25) is 0 Å². The third kappa shape index (κ3) is 7.57. The summed E-state index contributed by atoms with van der Waals surface area (Å²) >= 11 is 0. The van der Waals surface area contributed by atoms with Crippen LogP contribution in [0.1, 0.15) is 70.4 Å². The number of oxime groups is 1. The number of nitrogens with one attached hydrogen (secondary N) is 2. The molecule has 236 valence electrons. The number of rotatable bonds is 9. The molecule has 2 amide bonds. The molecule has 0 bridgehead atoms. The van der Waals surface area contributed by atoms with Crippen LogP contribution >= 0.6 is 0 Å². The molecular formula is C38H41N5O3. The van der Waals surface area contributed by atoms with Gasteiger partial charge in [0.1, 0.15) is 12.8 Å². The highest BCUT2D eigenvalue weighted by Crippen LogP contribution is 2.23. The monoisotopic (exact) mass is 615 g/mol. The highest BCUT2D eigenvalue weighted by molar-refractivity contribution is 6.13. The number of carbonyl (C=O) groups is 2. The van der Waals surface area contributed by atoms with Gasteiger partial charge in [0.25, 0.3) is 11.8 Å². The van der Waals surface area contributed by atoms with E-state index in [9.17, 15) is 9.59 Å². The highest BCUT2D eigenvalue weighted by Gasteiger charge is 2.15. The van der Waals surface area contributed by atoms with E-state index in [0.717, 1.165) is 37.3 Å². The quantitative estimate of drug-likeness (QED) is 0.150. The van der Waals surface area contributed by atoms with E-state index in [-0.39, 0.29) is 11.8 Å². The van der Waals surface area contributed by atoms with Crippen molar-refractivity contribution in [3.05, 3.63) is 119 Å². The Morgan fingerprint density at radius 1 is 0.522 bits per heavy atom. The van der Waals surface area contributed by atoms with Crippen LogP contribution < -0.4 is 20.4 Å². The van der Waals surface area contributed by atoms with Gasteiger partial charge in [-0.1, -0.05) is 29.4 Å². The number of carbonyl (C=O) groups excluding carboxylic acids is 2. The maximum Gasteiger partial charge on any atom is 0.255 e. The van der Waals surface area contributed by atoms with Crippen molar-refractivity contribution >= 4 is 40.3 Å². The highest BCUT2D eigenvalue weighted by atomic mass is 16.6. The fraction of sp³-hybridized carbons (Fsp3) is 0.289. The molecule has 2 aliphatic heterocycles. The van der Waals surface area contributed by atoms with Crippen molar-refractivity contribution in [2.45, 2.75) is 38.5 Å². The van der Waals surface area contributed by atoms with Gasteiger partial charge in [-0.25, -0.2) is 0 Å². The van der Waals surface area contributed by atoms with Crippen LogP contribution in [0.25, 0.3) is 0 Å². The van der Waals surface area contributed by atoms with E-state index in [1.54, 1.807) is 0 Å². The average molecular weight is 616 g/mol. The van der Waals surface area contributed by atoms with Crippen LogP contribution in [0.3, 0.4) is 0 Å². The normalized spacial score (nSPS) is 14.7. The topological polar surface area (TPSA) is 86.3 Å². The summed E-state index contributed by atoms with van der Waals surface area (Å²) in [5.41, 5.74) is 7.24. The van der Waals surface area contributed by atoms with Crippen molar-refractivity contribution < 1.29 is 14.4 Å². The zero-order valence-corrected chi connectivity index (χ0v) is 26.4. The van der Waals surface area contributed by atoms with Gasteiger partial charge in [0.05, 0.1) is 0 Å². The first-order valence-electron chi connectivity index (χ1n) is 16.2. The van der Waals surface area contributed by atoms with Crippen LogP contribution in [-0.4, -0.2) is 50.8 Å². The summed E-state index contributed by atoms with van der Waals surface area (Å²) < 4.78 is 0. The van der Waals surface area contributed by atoms with Crippen molar-refractivity contribution in [3.8, 4) is 0 Å². The van der Waals surface area contributed by atoms with E-state index in [1.807, 2.05) is 97.1 Å². The summed E-state index contributed by atoms with van der Waals surface area (Å²) in [7, 11) is 1.51. The molecule has 0 aliphatic carbocycles. The summed E-state index contributed by atoms with van der Waals surface area (Å²) in [5, 5.41) is 10.2. The van der Waals surface area contributed by atoms with E-state index in [1.165, 1.54) is 57.0 Å². The van der Waals surface area contributed by atoms with E-state index >= 15 is 0 Å². The summed E-state index contributed by atoms with van der Waals surface area (Å²) in [6.45, 7) is 4.28. The number of piperidine rings is 2. The van der Waals surface area contributed by atoms with Crippen molar-refractivity contribution in [2.24, 2.45) is 5.16 Å². The molecule has 2 aliphatic rings. The smallest absolute Gasteiger partial charge is 0.255 e. The Kier molecular flexibility index (Phi) is 9.93. The van der Waals surface area contributed by atoms with E-state index < -0.39 is 0 Å². The second-order valence-corrected chi connectivity index (χ2v) is 11.9. The zero-order chi connectivity index (χ0) is 31.7. The molecule has 0 atom stereocenters. The van der Waals surface area contributed by atoms with Crippen LogP contribution in [0.15, 0.2) is 102 Å². The predicted octanol–water partition coefficient (Wildman–Crippen LogP) is 7.57. The van der Waals surface area contributed by atoms with Gasteiger partial charge in [-0.2, -0.15) is 0 Å². The van der Waals surface area contributed by atoms with Crippen molar-refractivity contribution in [3.63, 3.8) is 0 Å². The number of hydrogen-bond acceptors (Lipinski definition) is 6. The molecule has 2 heterocycles. The van der Waals surface area contributed by atoms with Gasteiger partial charge in [-0.05, 0) is 111 Å². The van der Waals surface area contributed by atoms with Gasteiger partial charge in [0.2, 0.25) is 0 Å². The van der Waals surface area contributed by atoms with Gasteiger partial charge in [-0.3, -0.25) is 9.59 Å². The molecule has 2 saturated heterocycles. The number of amides is 2. The molecule has 6 rings (SSSR count). The lowest BCUT2D eigenvalue weighted by Crippen LogP contribution is -2.29. The fourth-order valence-electron chi connectivity index (χ4n) is 6.14. The first-order chi connectivity index (χ1) is 22.6. The second-order valence-electron chi connectivity index (χ2n) is 11.9. The second kappa shape index (κ2) is 14.8. The van der Waals surface area contributed by atoms with Gasteiger partial charge in [0.15, 0.2) is 0 Å². The molecule has 2 fully saturated rings. The Morgan fingerprint density at radius 2 is 0.870 bits per heavy atom. The Morgan fingerprint density at radius 3 is 1.22 bits per heavy atom. The van der Waals surface area contributed by atoms with E-state index in [0.29, 0.717) is 28.2 Å². The Labute approximate surface area is 271 Å². The van der Waals surface area contributed by atoms with E-state index in [4.69, 9.17) is 4.84 Å². The van der Waals surface area contributed by atoms with Crippen molar-refractivity contribution in [2.75, 3.05) is 53.7 Å². The van der Waals surface area contributed by atoms with Crippen molar-refractivity contribution in [1.82, 2.24) is 0 Å². The molecule has 4 aromatic rings. The molecule has 0 aromatic heterocycles. The molecule has 0 spiro atoms. The lowest BCUT2D eigenvalue weighted by Gasteiger charge is -2.28. The molecule has 8 heteroatoms. The molecule has 2 N–H and O–H groups in total. The third-order valence-corrected chi connectivity index (χ3v) is 8.72. The minimum Gasteiger partial charge on any atom is -0.399 e. The summed E-state index contributed by atoms with van der Waals surface area (Å²) in [6, 6.07) is 30.7. The molecule has 0 radical (unpaired) electrons. The molecule has 46 heavy (non-hydrogen) atoms. The summed E-state index contributed by atoms with van der Waals surface area (Å²) in [4.78, 5) is 35.8. The average Bonchev–Trinajstić information content (AvgIpc) is 3.12. The molecule has 4 aromatic carbocycles.